The molecule has 3 heteroatoms. The molecule has 19 heavy (non-hydrogen) atoms. The van der Waals surface area contributed by atoms with Gasteiger partial charge in [-0.1, -0.05) is 43.5 Å². The molecule has 106 valence electrons. The van der Waals surface area contributed by atoms with E-state index in [1.807, 2.05) is 12.1 Å². The molecule has 2 rings (SSSR count). The third-order valence-electron chi connectivity index (χ3n) is 4.40. The Morgan fingerprint density at radius 1 is 1.32 bits per heavy atom. The highest BCUT2D eigenvalue weighted by molar-refractivity contribution is 6.33. The minimum Gasteiger partial charge on any atom is -0.370 e. The summed E-state index contributed by atoms with van der Waals surface area (Å²) in [4.78, 5) is 2.40. The second kappa shape index (κ2) is 6.62. The van der Waals surface area contributed by atoms with Gasteiger partial charge in [-0.2, -0.15) is 0 Å². The van der Waals surface area contributed by atoms with Crippen LogP contribution in [0.3, 0.4) is 0 Å². The number of para-hydroxylation sites is 1. The summed E-state index contributed by atoms with van der Waals surface area (Å²) in [6.07, 6.45) is 6.18. The monoisotopic (exact) mass is 280 g/mol. The maximum atomic E-state index is 6.44. The maximum Gasteiger partial charge on any atom is 0.0642 e. The van der Waals surface area contributed by atoms with E-state index in [0.29, 0.717) is 12.6 Å². The van der Waals surface area contributed by atoms with Crippen LogP contribution in [0.15, 0.2) is 18.2 Å². The fraction of sp³-hybridized carbons (Fsp3) is 0.625. The molecule has 0 spiro atoms. The molecule has 1 aliphatic rings. The van der Waals surface area contributed by atoms with E-state index in [4.69, 9.17) is 17.3 Å². The second-order valence-electron chi connectivity index (χ2n) is 5.73. The minimum absolute atomic E-state index is 0.602. The number of rotatable bonds is 4. The summed E-state index contributed by atoms with van der Waals surface area (Å²) in [6.45, 7) is 3.03. The van der Waals surface area contributed by atoms with Crippen molar-refractivity contribution in [1.82, 2.24) is 0 Å². The van der Waals surface area contributed by atoms with E-state index >= 15 is 0 Å². The zero-order chi connectivity index (χ0) is 13.8. The quantitative estimate of drug-likeness (QED) is 0.907. The Labute approximate surface area is 121 Å². The third kappa shape index (κ3) is 3.24. The molecule has 0 amide bonds. The minimum atomic E-state index is 0.602. The summed E-state index contributed by atoms with van der Waals surface area (Å²) in [7, 11) is 2.19. The molecule has 0 aromatic heterocycles. The molecule has 1 fully saturated rings. The fourth-order valence-electron chi connectivity index (χ4n) is 3.35. The van der Waals surface area contributed by atoms with E-state index in [-0.39, 0.29) is 0 Å². The standard InChI is InChI=1S/C16H25ClN2/c1-12-6-3-4-9-15(12)19(2)16-13(10-11-18)7-5-8-14(16)17/h5,7-8,12,15H,3-4,6,9-11,18H2,1-2H3. The maximum absolute atomic E-state index is 6.44. The Hall–Kier alpha value is -0.730. The van der Waals surface area contributed by atoms with Crippen molar-refractivity contribution in [2.24, 2.45) is 11.7 Å². The SMILES string of the molecule is CC1CCCCC1N(C)c1c(Cl)cccc1CCN. The highest BCUT2D eigenvalue weighted by Crippen LogP contribution is 2.36. The Kier molecular flexibility index (Phi) is 5.12. The molecule has 2 atom stereocenters. The number of nitrogens with two attached hydrogens (primary N) is 1. The van der Waals surface area contributed by atoms with Crippen LogP contribution in [-0.4, -0.2) is 19.6 Å². The summed E-state index contributed by atoms with van der Waals surface area (Å²) in [5.74, 6) is 0.737. The molecule has 2 unspecified atom stereocenters. The Morgan fingerprint density at radius 3 is 2.74 bits per heavy atom. The molecule has 0 radical (unpaired) electrons. The largest absolute Gasteiger partial charge is 0.370 e. The highest BCUT2D eigenvalue weighted by Gasteiger charge is 2.27. The van der Waals surface area contributed by atoms with Crippen LogP contribution in [0.25, 0.3) is 0 Å². The van der Waals surface area contributed by atoms with Gasteiger partial charge in [-0.25, -0.2) is 0 Å². The topological polar surface area (TPSA) is 29.3 Å². The average molecular weight is 281 g/mol. The van der Waals surface area contributed by atoms with Crippen molar-refractivity contribution in [2.45, 2.75) is 45.1 Å². The van der Waals surface area contributed by atoms with Crippen molar-refractivity contribution in [3.05, 3.63) is 28.8 Å². The lowest BCUT2D eigenvalue weighted by Gasteiger charge is -2.39. The molecule has 1 aromatic carbocycles. The molecule has 2 N–H and O–H groups in total. The number of nitrogens with zero attached hydrogens (tertiary/aromatic N) is 1. The van der Waals surface area contributed by atoms with Crippen LogP contribution in [-0.2, 0) is 6.42 Å². The molecule has 0 heterocycles. The Balaban J connectivity index is 2.28. The van der Waals surface area contributed by atoms with Crippen LogP contribution < -0.4 is 10.6 Å². The first kappa shape index (κ1) is 14.7. The first-order valence-electron chi connectivity index (χ1n) is 7.35. The van der Waals surface area contributed by atoms with Crippen LogP contribution >= 0.6 is 11.6 Å². The Morgan fingerprint density at radius 2 is 2.05 bits per heavy atom. The predicted octanol–water partition coefficient (Wildman–Crippen LogP) is 3.86. The van der Waals surface area contributed by atoms with Crippen LogP contribution in [0, 0.1) is 5.92 Å². The number of hydrogen-bond donors (Lipinski definition) is 1. The third-order valence-corrected chi connectivity index (χ3v) is 4.71. The van der Waals surface area contributed by atoms with Crippen molar-refractivity contribution in [1.29, 1.82) is 0 Å². The first-order valence-corrected chi connectivity index (χ1v) is 7.73. The second-order valence-corrected chi connectivity index (χ2v) is 6.13. The van der Waals surface area contributed by atoms with Crippen LogP contribution in [0.2, 0.25) is 5.02 Å². The van der Waals surface area contributed by atoms with Gasteiger partial charge in [0.15, 0.2) is 0 Å². The number of halogens is 1. The van der Waals surface area contributed by atoms with Crippen molar-refractivity contribution in [2.75, 3.05) is 18.5 Å². The van der Waals surface area contributed by atoms with Crippen LogP contribution in [0.4, 0.5) is 5.69 Å². The van der Waals surface area contributed by atoms with Crippen molar-refractivity contribution in [3.63, 3.8) is 0 Å². The van der Waals surface area contributed by atoms with Gasteiger partial charge in [0.05, 0.1) is 10.7 Å². The number of anilines is 1. The zero-order valence-electron chi connectivity index (χ0n) is 12.0. The summed E-state index contributed by atoms with van der Waals surface area (Å²) in [6, 6.07) is 6.76. The van der Waals surface area contributed by atoms with E-state index in [2.05, 4.69) is 24.9 Å². The summed E-state index contributed by atoms with van der Waals surface area (Å²) in [5.41, 5.74) is 8.19. The van der Waals surface area contributed by atoms with E-state index < -0.39 is 0 Å². The average Bonchev–Trinajstić information content (AvgIpc) is 2.39. The van der Waals surface area contributed by atoms with Gasteiger partial charge < -0.3 is 10.6 Å². The van der Waals surface area contributed by atoms with E-state index in [1.165, 1.54) is 36.9 Å². The lowest BCUT2D eigenvalue weighted by atomic mass is 9.84. The first-order chi connectivity index (χ1) is 9.15. The molecule has 1 aromatic rings. The molecular weight excluding hydrogens is 256 g/mol. The van der Waals surface area contributed by atoms with Crippen molar-refractivity contribution < 1.29 is 0 Å². The highest BCUT2D eigenvalue weighted by atomic mass is 35.5. The molecular formula is C16H25ClN2. The van der Waals surface area contributed by atoms with Gasteiger partial charge in [0.2, 0.25) is 0 Å². The summed E-state index contributed by atoms with van der Waals surface area (Å²) >= 11 is 6.44. The van der Waals surface area contributed by atoms with Gasteiger partial charge >= 0.3 is 0 Å². The fourth-order valence-corrected chi connectivity index (χ4v) is 3.68. The van der Waals surface area contributed by atoms with Gasteiger partial charge in [-0.05, 0) is 43.4 Å². The smallest absolute Gasteiger partial charge is 0.0642 e. The van der Waals surface area contributed by atoms with Crippen molar-refractivity contribution in [3.8, 4) is 0 Å². The molecule has 0 aliphatic heterocycles. The number of benzene rings is 1. The predicted molar refractivity (Wildman–Crippen MR) is 84.0 cm³/mol. The molecule has 0 saturated heterocycles. The molecule has 0 bridgehead atoms. The summed E-state index contributed by atoms with van der Waals surface area (Å²) < 4.78 is 0. The lowest BCUT2D eigenvalue weighted by molar-refractivity contribution is 0.321. The van der Waals surface area contributed by atoms with E-state index in [9.17, 15) is 0 Å². The van der Waals surface area contributed by atoms with Gasteiger partial charge in [-0.15, -0.1) is 0 Å². The molecule has 2 nitrogen and oxygen atoms in total. The van der Waals surface area contributed by atoms with E-state index in [0.717, 1.165) is 17.4 Å². The van der Waals surface area contributed by atoms with Gasteiger partial charge in [0.25, 0.3) is 0 Å². The normalized spacial score (nSPS) is 23.4. The van der Waals surface area contributed by atoms with Crippen LogP contribution in [0.1, 0.15) is 38.2 Å². The lowest BCUT2D eigenvalue weighted by Crippen LogP contribution is -2.39. The van der Waals surface area contributed by atoms with Gasteiger partial charge in [0.1, 0.15) is 0 Å². The molecule has 1 aliphatic carbocycles. The molecule has 1 saturated carbocycles. The Bertz CT molecular complexity index is 419. The van der Waals surface area contributed by atoms with E-state index in [1.54, 1.807) is 0 Å². The van der Waals surface area contributed by atoms with Crippen LogP contribution in [0.5, 0.6) is 0 Å². The van der Waals surface area contributed by atoms with Gasteiger partial charge in [0, 0.05) is 13.1 Å². The van der Waals surface area contributed by atoms with Gasteiger partial charge in [-0.3, -0.25) is 0 Å². The number of hydrogen-bond acceptors (Lipinski definition) is 2. The zero-order valence-corrected chi connectivity index (χ0v) is 12.8. The van der Waals surface area contributed by atoms with Crippen molar-refractivity contribution >= 4 is 17.3 Å². The summed E-state index contributed by atoms with van der Waals surface area (Å²) in [5, 5.41) is 0.853.